The number of rotatable bonds is 6. The van der Waals surface area contributed by atoms with E-state index in [4.69, 9.17) is 0 Å². The molecule has 0 aromatic heterocycles. The molecule has 0 aliphatic heterocycles. The maximum atomic E-state index is 12.6. The molecule has 0 spiro atoms. The molecule has 10 heteroatoms. The van der Waals surface area contributed by atoms with Crippen LogP contribution in [0.15, 0.2) is 0 Å². The van der Waals surface area contributed by atoms with Crippen LogP contribution in [0.5, 0.6) is 0 Å². The molecule has 0 saturated carbocycles. The van der Waals surface area contributed by atoms with Crippen LogP contribution >= 0.6 is 0 Å². The van der Waals surface area contributed by atoms with Gasteiger partial charge in [-0.3, -0.25) is 4.79 Å². The van der Waals surface area contributed by atoms with Gasteiger partial charge in [0.05, 0.1) is 5.41 Å². The molecule has 0 saturated heterocycles. The van der Waals surface area contributed by atoms with E-state index in [-0.39, 0.29) is 6.92 Å². The highest BCUT2D eigenvalue weighted by Gasteiger charge is 2.68. The largest absolute Gasteiger partial charge is 0.462 e. The fourth-order valence-electron chi connectivity index (χ4n) is 1.06. The number of hydrogen-bond donors (Lipinski definition) is 0. The van der Waals surface area contributed by atoms with Crippen LogP contribution in [0.2, 0.25) is 0 Å². The van der Waals surface area contributed by atoms with E-state index in [2.05, 4.69) is 9.47 Å². The minimum Gasteiger partial charge on any atom is -0.462 e. The summed E-state index contributed by atoms with van der Waals surface area (Å²) in [4.78, 5) is 22.8. The normalized spacial score (nSPS) is 13.7. The second-order valence-electron chi connectivity index (χ2n) is 5.80. The van der Waals surface area contributed by atoms with Crippen molar-refractivity contribution in [2.75, 3.05) is 13.2 Å². The number of alkyl halides is 6. The molecule has 0 bridgehead atoms. The average Bonchev–Trinajstić information content (AvgIpc) is 2.39. The van der Waals surface area contributed by atoms with Gasteiger partial charge in [-0.25, -0.2) is 4.79 Å². The van der Waals surface area contributed by atoms with Crippen molar-refractivity contribution in [1.82, 2.24) is 0 Å². The Morgan fingerprint density at radius 3 is 1.65 bits per heavy atom. The third-order valence-corrected chi connectivity index (χ3v) is 3.53. The molecule has 0 amide bonds. The van der Waals surface area contributed by atoms with Crippen LogP contribution in [0.25, 0.3) is 0 Å². The molecule has 23 heavy (non-hydrogen) atoms. The highest BCUT2D eigenvalue weighted by Crippen LogP contribution is 2.50. The lowest BCUT2D eigenvalue weighted by Gasteiger charge is -2.33. The zero-order valence-electron chi connectivity index (χ0n) is 13.0. The quantitative estimate of drug-likeness (QED) is 0.541. The Morgan fingerprint density at radius 1 is 0.870 bits per heavy atom. The Morgan fingerprint density at radius 2 is 1.30 bits per heavy atom. The van der Waals surface area contributed by atoms with Gasteiger partial charge in [-0.1, -0.05) is 6.92 Å². The van der Waals surface area contributed by atoms with Crippen molar-refractivity contribution in [3.8, 4) is 0 Å². The minimum absolute atomic E-state index is 0.119. The number of carbonyl (C=O) groups is 2. The van der Waals surface area contributed by atoms with Gasteiger partial charge >= 0.3 is 24.3 Å². The lowest BCUT2D eigenvalue weighted by Crippen LogP contribution is -2.51. The monoisotopic (exact) mass is 352 g/mol. The van der Waals surface area contributed by atoms with Gasteiger partial charge in [0.25, 0.3) is 0 Å². The van der Waals surface area contributed by atoms with Gasteiger partial charge in [-0.15, -0.1) is 0 Å². The van der Waals surface area contributed by atoms with Gasteiger partial charge in [0.2, 0.25) is 0 Å². The Balaban J connectivity index is 4.73. The second-order valence-corrected chi connectivity index (χ2v) is 5.80. The fourth-order valence-corrected chi connectivity index (χ4v) is 1.06. The Labute approximate surface area is 129 Å². The number of esters is 2. The maximum Gasteiger partial charge on any atom is 0.406 e. The number of hydrogen-bond acceptors (Lipinski definition) is 4. The Hall–Kier alpha value is -1.48. The molecule has 0 fully saturated rings. The van der Waals surface area contributed by atoms with E-state index in [1.165, 1.54) is 13.8 Å². The molecule has 0 atom stereocenters. The molecule has 0 aliphatic carbocycles. The van der Waals surface area contributed by atoms with Gasteiger partial charge in [0.1, 0.15) is 6.61 Å². The Bertz CT molecular complexity index is 425. The van der Waals surface area contributed by atoms with Crippen molar-refractivity contribution >= 4 is 11.9 Å². The van der Waals surface area contributed by atoms with Crippen LogP contribution in [0.4, 0.5) is 26.3 Å². The van der Waals surface area contributed by atoms with E-state index in [1.54, 1.807) is 6.92 Å². The van der Waals surface area contributed by atoms with Crippen LogP contribution in [-0.4, -0.2) is 37.5 Å². The standard InChI is InChI=1S/C13H18F6O4/c1-5-10(2,3)9(21)22-6-8(20)23-7-11(4,12(14,15)16)13(17,18)19/h5-7H2,1-4H3. The molecule has 0 heterocycles. The van der Waals surface area contributed by atoms with E-state index in [0.717, 1.165) is 0 Å². The minimum atomic E-state index is -5.66. The van der Waals surface area contributed by atoms with E-state index in [0.29, 0.717) is 6.42 Å². The van der Waals surface area contributed by atoms with Gasteiger partial charge in [0, 0.05) is 0 Å². The predicted molar refractivity (Wildman–Crippen MR) is 66.2 cm³/mol. The number of carbonyl (C=O) groups excluding carboxylic acids is 2. The van der Waals surface area contributed by atoms with Crippen molar-refractivity contribution in [1.29, 1.82) is 0 Å². The third-order valence-electron chi connectivity index (χ3n) is 3.53. The van der Waals surface area contributed by atoms with Crippen molar-refractivity contribution in [2.45, 2.75) is 46.5 Å². The molecule has 0 N–H and O–H groups in total. The molecular weight excluding hydrogens is 334 g/mol. The predicted octanol–water partition coefficient (Wildman–Crippen LogP) is 3.64. The Kier molecular flexibility index (Phi) is 6.51. The first-order valence-electron chi connectivity index (χ1n) is 6.55. The SMILES string of the molecule is CCC(C)(C)C(=O)OCC(=O)OCC(C)(C(F)(F)F)C(F)(F)F. The van der Waals surface area contributed by atoms with E-state index in [1.807, 2.05) is 0 Å². The van der Waals surface area contributed by atoms with Crippen LogP contribution < -0.4 is 0 Å². The summed E-state index contributed by atoms with van der Waals surface area (Å²) in [6.45, 7) is 1.54. The zero-order valence-corrected chi connectivity index (χ0v) is 13.0. The molecule has 0 aliphatic rings. The molecule has 0 unspecified atom stereocenters. The highest BCUT2D eigenvalue weighted by atomic mass is 19.4. The second kappa shape index (κ2) is 6.96. The van der Waals surface area contributed by atoms with Crippen LogP contribution in [0.1, 0.15) is 34.1 Å². The summed E-state index contributed by atoms with van der Waals surface area (Å²) >= 11 is 0. The number of halogens is 6. The molecule has 0 radical (unpaired) electrons. The lowest BCUT2D eigenvalue weighted by molar-refractivity contribution is -0.343. The van der Waals surface area contributed by atoms with Gasteiger partial charge in [-0.2, -0.15) is 26.3 Å². The van der Waals surface area contributed by atoms with E-state index >= 15 is 0 Å². The van der Waals surface area contributed by atoms with Crippen molar-refractivity contribution in [3.63, 3.8) is 0 Å². The molecule has 0 aromatic carbocycles. The van der Waals surface area contributed by atoms with Crippen LogP contribution in [0, 0.1) is 10.8 Å². The van der Waals surface area contributed by atoms with Crippen molar-refractivity contribution < 1.29 is 45.4 Å². The first-order chi connectivity index (χ1) is 10.1. The maximum absolute atomic E-state index is 12.6. The summed E-state index contributed by atoms with van der Waals surface area (Å²) in [5, 5.41) is 0. The summed E-state index contributed by atoms with van der Waals surface area (Å²) in [6.07, 6.45) is -11.0. The summed E-state index contributed by atoms with van der Waals surface area (Å²) < 4.78 is 83.9. The van der Waals surface area contributed by atoms with Crippen LogP contribution in [0.3, 0.4) is 0 Å². The fraction of sp³-hybridized carbons (Fsp3) is 0.846. The highest BCUT2D eigenvalue weighted by molar-refractivity contribution is 5.79. The number of ether oxygens (including phenoxy) is 2. The first-order valence-corrected chi connectivity index (χ1v) is 6.55. The molecule has 0 aromatic rings. The molecule has 136 valence electrons. The summed E-state index contributed by atoms with van der Waals surface area (Å²) in [6, 6.07) is 0. The summed E-state index contributed by atoms with van der Waals surface area (Å²) in [5.41, 5.74) is -5.14. The van der Waals surface area contributed by atoms with Gasteiger partial charge in [-0.05, 0) is 27.2 Å². The van der Waals surface area contributed by atoms with Crippen LogP contribution in [-0.2, 0) is 19.1 Å². The lowest BCUT2D eigenvalue weighted by atomic mass is 9.90. The van der Waals surface area contributed by atoms with Gasteiger partial charge < -0.3 is 9.47 Å². The molecule has 0 rings (SSSR count). The first kappa shape index (κ1) is 21.5. The molecular formula is C13H18F6O4. The van der Waals surface area contributed by atoms with Crippen molar-refractivity contribution in [3.05, 3.63) is 0 Å². The summed E-state index contributed by atoms with van der Waals surface area (Å²) in [5.74, 6) is -2.31. The topological polar surface area (TPSA) is 52.6 Å². The summed E-state index contributed by atoms with van der Waals surface area (Å²) in [7, 11) is 0. The zero-order chi connectivity index (χ0) is 18.7. The van der Waals surface area contributed by atoms with Gasteiger partial charge in [0.15, 0.2) is 12.0 Å². The van der Waals surface area contributed by atoms with E-state index < -0.39 is 48.3 Å². The smallest absolute Gasteiger partial charge is 0.406 e. The average molecular weight is 352 g/mol. The van der Waals surface area contributed by atoms with E-state index in [9.17, 15) is 35.9 Å². The van der Waals surface area contributed by atoms with Crippen molar-refractivity contribution in [2.24, 2.45) is 10.8 Å². The third kappa shape index (κ3) is 5.28. The molecule has 4 nitrogen and oxygen atoms in total.